The molecule has 0 spiro atoms. The molecule has 2 aromatic rings. The van der Waals surface area contributed by atoms with E-state index < -0.39 is 11.4 Å². The van der Waals surface area contributed by atoms with Crippen LogP contribution in [-0.4, -0.2) is 34.2 Å². The number of hydrogen-bond acceptors (Lipinski definition) is 5. The van der Waals surface area contributed by atoms with Crippen LogP contribution >= 0.6 is 0 Å². The van der Waals surface area contributed by atoms with Crippen LogP contribution in [0.25, 0.3) is 16.6 Å². The topological polar surface area (TPSA) is 110 Å². The molecule has 1 aliphatic carbocycles. The highest BCUT2D eigenvalue weighted by Crippen LogP contribution is 2.37. The number of rotatable bonds is 5. The molecule has 1 unspecified atom stereocenters. The molecule has 3 N–H and O–H groups in total. The Bertz CT molecular complexity index is 1040. The summed E-state index contributed by atoms with van der Waals surface area (Å²) in [6.45, 7) is 1.80. The summed E-state index contributed by atoms with van der Waals surface area (Å²) in [4.78, 5) is 40.4. The molecule has 27 heavy (non-hydrogen) atoms. The maximum atomic E-state index is 12.5. The van der Waals surface area contributed by atoms with E-state index in [0.29, 0.717) is 17.4 Å². The largest absolute Gasteiger partial charge is 0.477 e. The molecule has 140 valence electrons. The third-order valence-electron chi connectivity index (χ3n) is 4.74. The summed E-state index contributed by atoms with van der Waals surface area (Å²) in [5.74, 6) is -1.34. The van der Waals surface area contributed by atoms with Crippen LogP contribution in [-0.2, 0) is 9.63 Å². The van der Waals surface area contributed by atoms with Crippen LogP contribution in [0.2, 0.25) is 0 Å². The minimum atomic E-state index is -1.21. The van der Waals surface area contributed by atoms with E-state index in [1.165, 1.54) is 13.1 Å². The van der Waals surface area contributed by atoms with Crippen LogP contribution in [0.4, 0.5) is 0 Å². The van der Waals surface area contributed by atoms with Crippen molar-refractivity contribution in [1.29, 1.82) is 0 Å². The van der Waals surface area contributed by atoms with Gasteiger partial charge in [-0.2, -0.15) is 0 Å². The Balaban J connectivity index is 1.74. The average Bonchev–Trinajstić information content (AvgIpc) is 3.36. The van der Waals surface area contributed by atoms with Crippen LogP contribution in [0.15, 0.2) is 35.3 Å². The molecule has 2 heterocycles. The fraction of sp³-hybridized carbons (Fsp3) is 0.316. The van der Waals surface area contributed by atoms with E-state index in [9.17, 15) is 19.5 Å². The van der Waals surface area contributed by atoms with E-state index in [1.807, 2.05) is 16.7 Å². The number of amides is 1. The Hall–Kier alpha value is -3.13. The molecular formula is C19H19N3O5. The minimum absolute atomic E-state index is 0.131. The number of carbonyl (C=O) groups is 2. The second-order valence-corrected chi connectivity index (χ2v) is 6.82. The summed E-state index contributed by atoms with van der Waals surface area (Å²) >= 11 is 0. The normalized spacial score (nSPS) is 18.9. The van der Waals surface area contributed by atoms with Crippen LogP contribution in [0.5, 0.6) is 0 Å². The highest BCUT2D eigenvalue weighted by molar-refractivity contribution is 5.93. The van der Waals surface area contributed by atoms with Crippen molar-refractivity contribution in [2.45, 2.75) is 31.9 Å². The smallest absolute Gasteiger partial charge is 0.341 e. The first-order valence-corrected chi connectivity index (χ1v) is 8.74. The lowest BCUT2D eigenvalue weighted by atomic mass is 10.1. The summed E-state index contributed by atoms with van der Waals surface area (Å²) in [7, 11) is 0. The molecule has 8 heteroatoms. The zero-order chi connectivity index (χ0) is 19.1. The van der Waals surface area contributed by atoms with Gasteiger partial charge >= 0.3 is 5.97 Å². The highest BCUT2D eigenvalue weighted by Gasteiger charge is 2.27. The number of hydroxylamine groups is 1. The summed E-state index contributed by atoms with van der Waals surface area (Å²) in [6, 6.07) is 5.50. The van der Waals surface area contributed by atoms with Gasteiger partial charge in [0, 0.05) is 30.1 Å². The van der Waals surface area contributed by atoms with Crippen LogP contribution in [0.1, 0.15) is 41.7 Å². The molecular weight excluding hydrogens is 350 g/mol. The van der Waals surface area contributed by atoms with Crippen molar-refractivity contribution >= 4 is 28.5 Å². The molecule has 1 aromatic carbocycles. The lowest BCUT2D eigenvalue weighted by Gasteiger charge is -2.13. The van der Waals surface area contributed by atoms with E-state index in [1.54, 1.807) is 12.1 Å². The SMILES string of the molecule is CC(=O)NCC1C=C(c2ccc3c(=O)c(C(=O)O)cn(C4CC4)c3c2)NO1. The van der Waals surface area contributed by atoms with Gasteiger partial charge in [0.25, 0.3) is 0 Å². The zero-order valence-electron chi connectivity index (χ0n) is 14.7. The van der Waals surface area contributed by atoms with Gasteiger partial charge in [-0.05, 0) is 31.1 Å². The second-order valence-electron chi connectivity index (χ2n) is 6.82. The molecule has 0 saturated heterocycles. The first kappa shape index (κ1) is 17.3. The summed E-state index contributed by atoms with van der Waals surface area (Å²) < 4.78 is 1.88. The molecule has 0 radical (unpaired) electrons. The first-order chi connectivity index (χ1) is 12.9. The second kappa shape index (κ2) is 6.55. The lowest BCUT2D eigenvalue weighted by molar-refractivity contribution is -0.119. The molecule has 1 aliphatic heterocycles. The van der Waals surface area contributed by atoms with Gasteiger partial charge in [0.05, 0.1) is 17.8 Å². The van der Waals surface area contributed by atoms with Crippen molar-refractivity contribution < 1.29 is 19.5 Å². The quantitative estimate of drug-likeness (QED) is 0.735. The Labute approximate surface area is 154 Å². The first-order valence-electron chi connectivity index (χ1n) is 8.74. The number of fused-ring (bicyclic) bond motifs is 1. The maximum absolute atomic E-state index is 12.5. The molecule has 0 bridgehead atoms. The standard InChI is InChI=1S/C19H19N3O5/c1-10(23)20-8-13-7-16(21-27-13)11-2-5-14-17(6-11)22(12-3-4-12)9-15(18(14)24)19(25)26/h2,5-7,9,12-13,21H,3-4,8H2,1H3,(H,20,23)(H,25,26). The van der Waals surface area contributed by atoms with Gasteiger partial charge < -0.3 is 15.0 Å². The Morgan fingerprint density at radius 3 is 2.81 bits per heavy atom. The number of nitrogens with zero attached hydrogens (tertiary/aromatic N) is 1. The van der Waals surface area contributed by atoms with Gasteiger partial charge in [-0.25, -0.2) is 4.79 Å². The van der Waals surface area contributed by atoms with E-state index in [4.69, 9.17) is 4.84 Å². The van der Waals surface area contributed by atoms with Gasteiger partial charge in [-0.3, -0.25) is 19.9 Å². The number of aromatic carboxylic acids is 1. The van der Waals surface area contributed by atoms with Gasteiger partial charge in [-0.1, -0.05) is 6.07 Å². The fourth-order valence-corrected chi connectivity index (χ4v) is 3.22. The molecule has 8 nitrogen and oxygen atoms in total. The molecule has 1 fully saturated rings. The number of carbonyl (C=O) groups excluding carboxylic acids is 1. The number of benzene rings is 1. The van der Waals surface area contributed by atoms with E-state index >= 15 is 0 Å². The number of pyridine rings is 1. The fourth-order valence-electron chi connectivity index (χ4n) is 3.22. The Morgan fingerprint density at radius 2 is 2.15 bits per heavy atom. The van der Waals surface area contributed by atoms with Crippen molar-refractivity contribution in [2.24, 2.45) is 0 Å². The summed E-state index contributed by atoms with van der Waals surface area (Å²) in [5, 5.41) is 12.4. The van der Waals surface area contributed by atoms with Gasteiger partial charge in [0.2, 0.25) is 11.3 Å². The summed E-state index contributed by atoms with van der Waals surface area (Å²) in [6.07, 6.45) is 4.94. The monoisotopic (exact) mass is 369 g/mol. The highest BCUT2D eigenvalue weighted by atomic mass is 16.7. The van der Waals surface area contributed by atoms with Gasteiger partial charge in [-0.15, -0.1) is 0 Å². The van der Waals surface area contributed by atoms with Crippen molar-refractivity contribution in [1.82, 2.24) is 15.4 Å². The Morgan fingerprint density at radius 1 is 1.37 bits per heavy atom. The van der Waals surface area contributed by atoms with Crippen LogP contribution in [0, 0.1) is 0 Å². The van der Waals surface area contributed by atoms with Crippen molar-refractivity contribution in [3.05, 3.63) is 51.8 Å². The predicted molar refractivity (Wildman–Crippen MR) is 98.1 cm³/mol. The van der Waals surface area contributed by atoms with Gasteiger partial charge in [0.1, 0.15) is 11.7 Å². The third-order valence-corrected chi connectivity index (χ3v) is 4.74. The number of hydrogen-bond donors (Lipinski definition) is 3. The number of carboxylic acids is 1. The van der Waals surface area contributed by atoms with E-state index in [0.717, 1.165) is 24.1 Å². The number of aromatic nitrogens is 1. The van der Waals surface area contributed by atoms with Crippen molar-refractivity contribution in [2.75, 3.05) is 6.54 Å². The lowest BCUT2D eigenvalue weighted by Crippen LogP contribution is -2.30. The maximum Gasteiger partial charge on any atom is 0.341 e. The van der Waals surface area contributed by atoms with Crippen molar-refractivity contribution in [3.63, 3.8) is 0 Å². The number of carboxylic acid groups (broad SMARTS) is 1. The predicted octanol–water partition coefficient (Wildman–Crippen LogP) is 1.42. The summed E-state index contributed by atoms with van der Waals surface area (Å²) in [5.41, 5.74) is 4.43. The zero-order valence-corrected chi connectivity index (χ0v) is 14.7. The molecule has 1 aromatic heterocycles. The minimum Gasteiger partial charge on any atom is -0.477 e. The van der Waals surface area contributed by atoms with Crippen molar-refractivity contribution in [3.8, 4) is 0 Å². The molecule has 1 atom stereocenters. The van der Waals surface area contributed by atoms with E-state index in [2.05, 4.69) is 10.8 Å². The molecule has 4 rings (SSSR count). The molecule has 1 saturated carbocycles. The Kier molecular flexibility index (Phi) is 4.19. The van der Waals surface area contributed by atoms with E-state index in [-0.39, 0.29) is 23.6 Å². The average molecular weight is 369 g/mol. The van der Waals surface area contributed by atoms with Crippen LogP contribution in [0.3, 0.4) is 0 Å². The van der Waals surface area contributed by atoms with Crippen LogP contribution < -0.4 is 16.2 Å². The number of nitrogens with one attached hydrogen (secondary N) is 2. The molecule has 2 aliphatic rings. The molecule has 1 amide bonds. The third kappa shape index (κ3) is 3.31. The van der Waals surface area contributed by atoms with Gasteiger partial charge in [0.15, 0.2) is 0 Å².